The number of benzene rings is 1. The summed E-state index contributed by atoms with van der Waals surface area (Å²) in [4.78, 5) is 28.8. The molecule has 2 aromatic heterocycles. The van der Waals surface area contributed by atoms with Gasteiger partial charge >= 0.3 is 11.7 Å². The molecule has 0 fully saturated rings. The zero-order valence-electron chi connectivity index (χ0n) is 13.7. The maximum absolute atomic E-state index is 12.1. The first kappa shape index (κ1) is 17.0. The lowest BCUT2D eigenvalue weighted by atomic mass is 10.2. The molecule has 3 aromatic rings. The lowest BCUT2D eigenvalue weighted by Crippen LogP contribution is -2.28. The number of carbonyl (C=O) groups excluding carboxylic acids is 1. The number of nitrogens with one attached hydrogen (secondary N) is 1. The molecule has 0 bridgehead atoms. The van der Waals surface area contributed by atoms with Crippen LogP contribution in [0.3, 0.4) is 0 Å². The Morgan fingerprint density at radius 1 is 1.40 bits per heavy atom. The topological polar surface area (TPSA) is 107 Å². The molecular weight excluding hydrogens is 342 g/mol. The second kappa shape index (κ2) is 6.94. The molecule has 2 heterocycles. The van der Waals surface area contributed by atoms with E-state index in [4.69, 9.17) is 14.9 Å². The van der Waals surface area contributed by atoms with Crippen LogP contribution >= 0.6 is 11.3 Å². The third kappa shape index (κ3) is 3.63. The van der Waals surface area contributed by atoms with Gasteiger partial charge in [0.15, 0.2) is 0 Å². The molecule has 0 aliphatic rings. The molecule has 1 amide bonds. The van der Waals surface area contributed by atoms with Crippen LogP contribution in [-0.4, -0.2) is 11.1 Å². The summed E-state index contributed by atoms with van der Waals surface area (Å²) in [5.74, 6) is 0.107. The molecule has 25 heavy (non-hydrogen) atoms. The van der Waals surface area contributed by atoms with Crippen molar-refractivity contribution < 1.29 is 13.9 Å². The highest BCUT2D eigenvalue weighted by Crippen LogP contribution is 2.29. The van der Waals surface area contributed by atoms with Crippen molar-refractivity contribution in [2.24, 2.45) is 0 Å². The number of fused-ring (bicyclic) bond motifs is 1. The van der Waals surface area contributed by atoms with Gasteiger partial charge in [-0.15, -0.1) is 0 Å². The van der Waals surface area contributed by atoms with E-state index in [-0.39, 0.29) is 12.5 Å². The van der Waals surface area contributed by atoms with Crippen molar-refractivity contribution in [1.82, 2.24) is 10.3 Å². The van der Waals surface area contributed by atoms with Crippen molar-refractivity contribution in [2.45, 2.75) is 26.5 Å². The van der Waals surface area contributed by atoms with Gasteiger partial charge in [0.25, 0.3) is 0 Å². The number of hydrogen-bond donors (Lipinski definition) is 2. The number of aryl methyl sites for hydroxylation is 1. The van der Waals surface area contributed by atoms with Gasteiger partial charge in [-0.3, -0.25) is 0 Å². The third-order valence-corrected chi connectivity index (χ3v) is 4.71. The van der Waals surface area contributed by atoms with Crippen LogP contribution in [-0.2, 0) is 11.3 Å². The maximum atomic E-state index is 12.1. The van der Waals surface area contributed by atoms with Crippen LogP contribution in [0.15, 0.2) is 39.5 Å². The fourth-order valence-corrected chi connectivity index (χ4v) is 3.23. The number of anilines is 1. The lowest BCUT2D eigenvalue weighted by molar-refractivity contribution is 0.134. The van der Waals surface area contributed by atoms with Crippen LogP contribution in [0, 0.1) is 6.92 Å². The minimum absolute atomic E-state index is 0.107. The SMILES string of the molecule is Cc1c(N)sc2nc(C(C)NC(=O)OCc3ccccc3)oc(=O)c12. The van der Waals surface area contributed by atoms with Gasteiger partial charge in [0, 0.05) is 0 Å². The Kier molecular flexibility index (Phi) is 4.71. The zero-order valence-corrected chi connectivity index (χ0v) is 14.6. The monoisotopic (exact) mass is 359 g/mol. The minimum Gasteiger partial charge on any atom is -0.445 e. The Balaban J connectivity index is 1.70. The third-order valence-electron chi connectivity index (χ3n) is 3.70. The Morgan fingerprint density at radius 2 is 2.12 bits per heavy atom. The standard InChI is InChI=1S/C17H17N3O4S/c1-9-12-15(25-13(9)18)20-14(24-16(12)21)10(2)19-17(22)23-8-11-6-4-3-5-7-11/h3-7,10H,8,18H2,1-2H3,(H,19,22). The quantitative estimate of drug-likeness (QED) is 0.741. The first-order valence-electron chi connectivity index (χ1n) is 7.62. The Morgan fingerprint density at radius 3 is 2.84 bits per heavy atom. The predicted molar refractivity (Wildman–Crippen MR) is 95.5 cm³/mol. The maximum Gasteiger partial charge on any atom is 0.408 e. The van der Waals surface area contributed by atoms with Gasteiger partial charge in [0.1, 0.15) is 22.9 Å². The lowest BCUT2D eigenvalue weighted by Gasteiger charge is -2.12. The molecule has 130 valence electrons. The van der Waals surface area contributed by atoms with Crippen LogP contribution in [0.4, 0.5) is 9.80 Å². The molecule has 0 spiro atoms. The van der Waals surface area contributed by atoms with Crippen LogP contribution in [0.5, 0.6) is 0 Å². The summed E-state index contributed by atoms with van der Waals surface area (Å²) in [6.45, 7) is 3.55. The number of nitrogen functional groups attached to an aromatic ring is 1. The number of alkyl carbamates (subject to hydrolysis) is 1. The summed E-state index contributed by atoms with van der Waals surface area (Å²) in [5, 5.41) is 3.50. The normalized spacial score (nSPS) is 12.1. The molecule has 7 nitrogen and oxygen atoms in total. The fraction of sp³-hybridized carbons (Fsp3) is 0.235. The van der Waals surface area contributed by atoms with Crippen molar-refractivity contribution in [1.29, 1.82) is 0 Å². The van der Waals surface area contributed by atoms with Crippen LogP contribution in [0.1, 0.15) is 30.0 Å². The van der Waals surface area contributed by atoms with E-state index in [1.807, 2.05) is 30.3 Å². The van der Waals surface area contributed by atoms with E-state index in [1.54, 1.807) is 13.8 Å². The van der Waals surface area contributed by atoms with E-state index < -0.39 is 17.8 Å². The predicted octanol–water partition coefficient (Wildman–Crippen LogP) is 3.13. The van der Waals surface area contributed by atoms with Gasteiger partial charge in [-0.1, -0.05) is 41.7 Å². The van der Waals surface area contributed by atoms with Gasteiger partial charge in [-0.05, 0) is 25.0 Å². The Labute approximate surface area is 147 Å². The van der Waals surface area contributed by atoms with Gasteiger partial charge in [-0.25, -0.2) is 14.6 Å². The van der Waals surface area contributed by atoms with Crippen LogP contribution in [0.25, 0.3) is 10.2 Å². The van der Waals surface area contributed by atoms with Crippen molar-refractivity contribution >= 4 is 32.6 Å². The molecule has 8 heteroatoms. The molecule has 1 unspecified atom stereocenters. The molecule has 0 aliphatic carbocycles. The van der Waals surface area contributed by atoms with Crippen molar-refractivity contribution in [3.05, 3.63) is 57.8 Å². The van der Waals surface area contributed by atoms with Crippen molar-refractivity contribution in [3.63, 3.8) is 0 Å². The summed E-state index contributed by atoms with van der Waals surface area (Å²) >= 11 is 1.21. The number of nitrogens with two attached hydrogens (primary N) is 1. The van der Waals surface area contributed by atoms with E-state index in [9.17, 15) is 9.59 Å². The van der Waals surface area contributed by atoms with Gasteiger partial charge in [0.05, 0.1) is 5.00 Å². The number of carbonyl (C=O) groups is 1. The highest BCUT2D eigenvalue weighted by Gasteiger charge is 2.19. The average molecular weight is 359 g/mol. The number of aromatic nitrogens is 1. The summed E-state index contributed by atoms with van der Waals surface area (Å²) in [6, 6.07) is 8.70. The number of nitrogens with zero attached hydrogens (tertiary/aromatic N) is 1. The van der Waals surface area contributed by atoms with E-state index in [0.717, 1.165) is 5.56 Å². The molecule has 0 saturated carbocycles. The van der Waals surface area contributed by atoms with Gasteiger partial charge in [-0.2, -0.15) is 0 Å². The minimum atomic E-state index is -0.622. The molecule has 0 aliphatic heterocycles. The number of amides is 1. The van der Waals surface area contributed by atoms with E-state index in [0.29, 0.717) is 20.8 Å². The molecule has 3 N–H and O–H groups in total. The molecular formula is C17H17N3O4S. The first-order valence-corrected chi connectivity index (χ1v) is 8.44. The molecule has 0 saturated heterocycles. The van der Waals surface area contributed by atoms with E-state index >= 15 is 0 Å². The highest BCUT2D eigenvalue weighted by molar-refractivity contribution is 7.22. The van der Waals surface area contributed by atoms with Crippen molar-refractivity contribution in [2.75, 3.05) is 5.73 Å². The molecule has 1 atom stereocenters. The number of thiophene rings is 1. The summed E-state index contributed by atoms with van der Waals surface area (Å²) in [5.41, 5.74) is 6.85. The Hall–Kier alpha value is -2.87. The fourth-order valence-electron chi connectivity index (χ4n) is 2.29. The second-order valence-corrected chi connectivity index (χ2v) is 6.57. The summed E-state index contributed by atoms with van der Waals surface area (Å²) in [6.07, 6.45) is -0.622. The van der Waals surface area contributed by atoms with Crippen molar-refractivity contribution in [3.8, 4) is 0 Å². The smallest absolute Gasteiger partial charge is 0.408 e. The zero-order chi connectivity index (χ0) is 18.0. The highest BCUT2D eigenvalue weighted by atomic mass is 32.1. The van der Waals surface area contributed by atoms with Crippen LogP contribution in [0.2, 0.25) is 0 Å². The average Bonchev–Trinajstić information content (AvgIpc) is 2.88. The van der Waals surface area contributed by atoms with E-state index in [2.05, 4.69) is 10.3 Å². The first-order chi connectivity index (χ1) is 12.0. The number of hydrogen-bond acceptors (Lipinski definition) is 7. The van der Waals surface area contributed by atoms with E-state index in [1.165, 1.54) is 11.3 Å². The van der Waals surface area contributed by atoms with Crippen LogP contribution < -0.4 is 16.7 Å². The Bertz CT molecular complexity index is 965. The second-order valence-electron chi connectivity index (χ2n) is 5.54. The summed E-state index contributed by atoms with van der Waals surface area (Å²) < 4.78 is 10.4. The largest absolute Gasteiger partial charge is 0.445 e. The molecule has 0 radical (unpaired) electrons. The summed E-state index contributed by atoms with van der Waals surface area (Å²) in [7, 11) is 0. The molecule has 1 aromatic carbocycles. The van der Waals surface area contributed by atoms with Gasteiger partial charge < -0.3 is 20.2 Å². The molecule has 3 rings (SSSR count). The number of rotatable bonds is 4. The number of ether oxygens (including phenoxy) is 1. The van der Waals surface area contributed by atoms with Gasteiger partial charge in [0.2, 0.25) is 5.89 Å².